The van der Waals surface area contributed by atoms with Gasteiger partial charge < -0.3 is 0 Å². The first-order valence-electron chi connectivity index (χ1n) is 8.13. The molecule has 0 spiro atoms. The Kier molecular flexibility index (Phi) is 4.27. The lowest BCUT2D eigenvalue weighted by molar-refractivity contribution is -0.136. The molecule has 2 amide bonds. The molecule has 1 aromatic rings. The molecule has 0 aromatic heterocycles. The number of rotatable bonds is 2. The van der Waals surface area contributed by atoms with Crippen molar-refractivity contribution in [3.05, 3.63) is 34.9 Å². The number of nitrogens with one attached hydrogen (secondary N) is 2. The van der Waals surface area contributed by atoms with Crippen LogP contribution in [-0.2, 0) is 9.59 Å². The molecule has 2 saturated carbocycles. The molecule has 5 nitrogen and oxygen atoms in total. The molecule has 25 heavy (non-hydrogen) atoms. The summed E-state index contributed by atoms with van der Waals surface area (Å²) in [5.74, 6) is -0.745. The molecule has 3 atom stereocenters. The predicted molar refractivity (Wildman–Crippen MR) is 98.3 cm³/mol. The Balaban J connectivity index is 1.80. The van der Waals surface area contributed by atoms with E-state index in [2.05, 4.69) is 26.8 Å². The topological polar surface area (TPSA) is 75.3 Å². The zero-order valence-corrected chi connectivity index (χ0v) is 16.6. The number of hydrogen-bond acceptors (Lipinski definition) is 3. The van der Waals surface area contributed by atoms with Crippen molar-refractivity contribution in [2.24, 2.45) is 16.2 Å². The first-order chi connectivity index (χ1) is 11.6. The van der Waals surface area contributed by atoms with E-state index in [-0.39, 0.29) is 11.7 Å². The van der Waals surface area contributed by atoms with E-state index in [1.165, 1.54) is 6.07 Å². The number of carbonyl (C=O) groups excluding carboxylic acids is 3. The van der Waals surface area contributed by atoms with Gasteiger partial charge in [-0.3, -0.25) is 25.2 Å². The number of Topliss-reactive ketones (excluding diaryl/α,β-unsaturated/α-hetero) is 1. The van der Waals surface area contributed by atoms with E-state index in [1.54, 1.807) is 18.2 Å². The smallest absolute Gasteiger partial charge is 0.269 e. The van der Waals surface area contributed by atoms with E-state index in [4.69, 9.17) is 11.6 Å². The highest BCUT2D eigenvalue weighted by molar-refractivity contribution is 9.10. The largest absolute Gasteiger partial charge is 0.298 e. The summed E-state index contributed by atoms with van der Waals surface area (Å²) in [5, 5.41) is 0.437. The molecule has 0 aliphatic heterocycles. The van der Waals surface area contributed by atoms with Gasteiger partial charge in [0.05, 0.1) is 10.2 Å². The highest BCUT2D eigenvalue weighted by atomic mass is 79.9. The van der Waals surface area contributed by atoms with Gasteiger partial charge in [-0.1, -0.05) is 54.4 Å². The lowest BCUT2D eigenvalue weighted by Gasteiger charge is -2.39. The van der Waals surface area contributed by atoms with Gasteiger partial charge >= 0.3 is 0 Å². The summed E-state index contributed by atoms with van der Waals surface area (Å²) in [5.41, 5.74) is 3.35. The van der Waals surface area contributed by atoms with Crippen molar-refractivity contribution in [1.82, 2.24) is 10.9 Å². The van der Waals surface area contributed by atoms with Crippen LogP contribution in [0.15, 0.2) is 24.3 Å². The van der Waals surface area contributed by atoms with E-state index in [0.29, 0.717) is 23.4 Å². The quantitative estimate of drug-likeness (QED) is 0.562. The maximum Gasteiger partial charge on any atom is 0.269 e. The zero-order valence-electron chi connectivity index (χ0n) is 14.3. The third-order valence-electron chi connectivity index (χ3n) is 6.50. The van der Waals surface area contributed by atoms with Crippen molar-refractivity contribution in [2.45, 2.75) is 38.4 Å². The van der Waals surface area contributed by atoms with Crippen molar-refractivity contribution in [2.75, 3.05) is 0 Å². The minimum Gasteiger partial charge on any atom is -0.298 e. The number of alkyl halides is 1. The summed E-state index contributed by atoms with van der Waals surface area (Å²) < 4.78 is 0. The van der Waals surface area contributed by atoms with Crippen LogP contribution >= 0.6 is 27.5 Å². The Hall–Kier alpha value is -1.40. The number of benzene rings is 1. The maximum atomic E-state index is 13.0. The number of carbonyl (C=O) groups is 3. The Bertz CT molecular complexity index is 781. The van der Waals surface area contributed by atoms with Gasteiger partial charge in [-0.25, -0.2) is 0 Å². The van der Waals surface area contributed by atoms with Crippen LogP contribution in [0, 0.1) is 16.2 Å². The van der Waals surface area contributed by atoms with Crippen LogP contribution in [0.1, 0.15) is 44.0 Å². The molecular weight excluding hydrogens is 408 g/mol. The van der Waals surface area contributed by atoms with Crippen molar-refractivity contribution in [1.29, 1.82) is 0 Å². The minimum atomic E-state index is -0.888. The normalized spacial score (nSPS) is 32.5. The summed E-state index contributed by atoms with van der Waals surface area (Å²) >= 11 is 9.33. The highest BCUT2D eigenvalue weighted by Gasteiger charge is 2.76. The molecule has 134 valence electrons. The van der Waals surface area contributed by atoms with Crippen molar-refractivity contribution < 1.29 is 14.4 Å². The van der Waals surface area contributed by atoms with Gasteiger partial charge in [0.25, 0.3) is 5.91 Å². The number of amides is 2. The van der Waals surface area contributed by atoms with Crippen molar-refractivity contribution in [3.8, 4) is 0 Å². The first-order valence-corrected chi connectivity index (χ1v) is 9.42. The summed E-state index contributed by atoms with van der Waals surface area (Å²) in [6, 6.07) is 6.45. The lowest BCUT2D eigenvalue weighted by atomic mass is 9.64. The Morgan fingerprint density at radius 1 is 1.20 bits per heavy atom. The molecule has 0 heterocycles. The van der Waals surface area contributed by atoms with E-state index in [0.717, 1.165) is 0 Å². The van der Waals surface area contributed by atoms with Crippen LogP contribution in [0.4, 0.5) is 0 Å². The molecule has 2 bridgehead atoms. The van der Waals surface area contributed by atoms with Crippen LogP contribution in [0.25, 0.3) is 0 Å². The summed E-state index contributed by atoms with van der Waals surface area (Å²) in [4.78, 5) is 37.4. The number of fused-ring (bicyclic) bond motifs is 2. The molecule has 2 aliphatic rings. The fraction of sp³-hybridized carbons (Fsp3) is 0.500. The summed E-state index contributed by atoms with van der Waals surface area (Å²) in [7, 11) is 0. The zero-order chi connectivity index (χ0) is 18.6. The van der Waals surface area contributed by atoms with Gasteiger partial charge in [-0.05, 0) is 36.5 Å². The summed E-state index contributed by atoms with van der Waals surface area (Å²) in [6.45, 7) is 5.84. The number of ketones is 1. The van der Waals surface area contributed by atoms with E-state index < -0.39 is 27.0 Å². The Morgan fingerprint density at radius 3 is 2.44 bits per heavy atom. The van der Waals surface area contributed by atoms with Crippen LogP contribution in [0.3, 0.4) is 0 Å². The maximum absolute atomic E-state index is 13.0. The van der Waals surface area contributed by atoms with Crippen LogP contribution in [0.5, 0.6) is 0 Å². The predicted octanol–water partition coefficient (Wildman–Crippen LogP) is 3.26. The van der Waals surface area contributed by atoms with Crippen LogP contribution < -0.4 is 10.9 Å². The summed E-state index contributed by atoms with van der Waals surface area (Å²) in [6.07, 6.45) is 1.26. The van der Waals surface area contributed by atoms with Gasteiger partial charge in [-0.2, -0.15) is 0 Å². The van der Waals surface area contributed by atoms with Gasteiger partial charge in [0.2, 0.25) is 5.91 Å². The molecule has 0 radical (unpaired) electrons. The second-order valence-electron chi connectivity index (χ2n) is 7.57. The van der Waals surface area contributed by atoms with Crippen LogP contribution in [0.2, 0.25) is 5.02 Å². The standard InChI is InChI=1S/C18H20BrClN2O3/c1-16(2)17(3)7-8-18(16,12(19)13(17)23)15(25)22-21-14(24)10-5-4-6-11(20)9-10/h4-6,9,12H,7-8H2,1-3H3,(H,21,24)(H,22,25). The average molecular weight is 428 g/mol. The van der Waals surface area contributed by atoms with Crippen LogP contribution in [-0.4, -0.2) is 22.4 Å². The average Bonchev–Trinajstić information content (AvgIpc) is 2.84. The van der Waals surface area contributed by atoms with Gasteiger partial charge in [0, 0.05) is 16.0 Å². The van der Waals surface area contributed by atoms with Gasteiger partial charge in [0.15, 0.2) is 5.78 Å². The Morgan fingerprint density at radius 2 is 1.88 bits per heavy atom. The van der Waals surface area contributed by atoms with Crippen molar-refractivity contribution >= 4 is 45.1 Å². The minimum absolute atomic E-state index is 0.0556. The second-order valence-corrected chi connectivity index (χ2v) is 8.93. The molecule has 2 N–H and O–H groups in total. The monoisotopic (exact) mass is 426 g/mol. The molecule has 0 saturated heterocycles. The fourth-order valence-corrected chi connectivity index (χ4v) is 6.09. The van der Waals surface area contributed by atoms with Crippen molar-refractivity contribution in [3.63, 3.8) is 0 Å². The molecule has 2 aliphatic carbocycles. The molecule has 7 heteroatoms. The molecule has 3 rings (SSSR count). The molecule has 1 aromatic carbocycles. The number of hydrazine groups is 1. The third kappa shape index (κ3) is 2.30. The fourth-order valence-electron chi connectivity index (χ4n) is 4.38. The number of hydrogen-bond donors (Lipinski definition) is 2. The number of halogens is 2. The second kappa shape index (κ2) is 5.81. The lowest BCUT2D eigenvalue weighted by Crippen LogP contribution is -2.55. The highest BCUT2D eigenvalue weighted by Crippen LogP contribution is 2.72. The molecular formula is C18H20BrClN2O3. The molecule has 2 fully saturated rings. The van der Waals surface area contributed by atoms with E-state index in [1.807, 2.05) is 20.8 Å². The molecule has 3 unspecified atom stereocenters. The SMILES string of the molecule is CC12CCC(C(=O)NNC(=O)c3cccc(Cl)c3)(C(Br)C1=O)C2(C)C. The van der Waals surface area contributed by atoms with Gasteiger partial charge in [0.1, 0.15) is 0 Å². The van der Waals surface area contributed by atoms with Gasteiger partial charge in [-0.15, -0.1) is 0 Å². The van der Waals surface area contributed by atoms with E-state index >= 15 is 0 Å². The Labute approximate surface area is 160 Å². The van der Waals surface area contributed by atoms with E-state index in [9.17, 15) is 14.4 Å². The first kappa shape index (κ1) is 18.4. The third-order valence-corrected chi connectivity index (χ3v) is 7.93.